The van der Waals surface area contributed by atoms with Gasteiger partial charge in [-0.3, -0.25) is 11.3 Å². The molecule has 106 valence electrons. The van der Waals surface area contributed by atoms with E-state index in [2.05, 4.69) is 36.6 Å². The Hall–Kier alpha value is -0.900. The largest absolute Gasteiger partial charge is 0.382 e. The zero-order valence-electron chi connectivity index (χ0n) is 12.1. The number of rotatable bonds is 7. The zero-order chi connectivity index (χ0) is 13.7. The van der Waals surface area contributed by atoms with Crippen molar-refractivity contribution in [3.63, 3.8) is 0 Å². The molecule has 19 heavy (non-hydrogen) atoms. The lowest BCUT2D eigenvalue weighted by molar-refractivity contribution is 0.106. The summed E-state index contributed by atoms with van der Waals surface area (Å²) in [5.74, 6) is 6.49. The number of ether oxygens (including phenoxy) is 1. The first-order valence-corrected chi connectivity index (χ1v) is 7.33. The molecule has 0 aromatic heterocycles. The van der Waals surface area contributed by atoms with Gasteiger partial charge in [0, 0.05) is 13.2 Å². The molecular formula is C16H26N2O. The number of hydrogen-bond donors (Lipinski definition) is 2. The summed E-state index contributed by atoms with van der Waals surface area (Å²) in [6.45, 7) is 2.10. The molecule has 0 spiro atoms. The molecule has 1 aliphatic rings. The SMILES string of the molecule is COC(C)CCC(NN)c1cccc(C2CCC2)c1. The van der Waals surface area contributed by atoms with Crippen LogP contribution in [0.5, 0.6) is 0 Å². The van der Waals surface area contributed by atoms with Gasteiger partial charge in [0.15, 0.2) is 0 Å². The highest BCUT2D eigenvalue weighted by atomic mass is 16.5. The fraction of sp³-hybridized carbons (Fsp3) is 0.625. The molecule has 0 saturated heterocycles. The van der Waals surface area contributed by atoms with Gasteiger partial charge in [-0.15, -0.1) is 0 Å². The van der Waals surface area contributed by atoms with Crippen molar-refractivity contribution in [1.29, 1.82) is 0 Å². The van der Waals surface area contributed by atoms with Crippen molar-refractivity contribution < 1.29 is 4.74 Å². The summed E-state index contributed by atoms with van der Waals surface area (Å²) >= 11 is 0. The van der Waals surface area contributed by atoms with Crippen LogP contribution < -0.4 is 11.3 Å². The Labute approximate surface area is 116 Å². The minimum Gasteiger partial charge on any atom is -0.382 e. The fourth-order valence-electron chi connectivity index (χ4n) is 2.64. The minimum atomic E-state index is 0.220. The highest BCUT2D eigenvalue weighted by Gasteiger charge is 2.20. The van der Waals surface area contributed by atoms with Crippen LogP contribution in [0.25, 0.3) is 0 Å². The molecule has 1 saturated carbocycles. The average Bonchev–Trinajstić information content (AvgIpc) is 2.37. The molecule has 0 radical (unpaired) electrons. The second-order valence-corrected chi connectivity index (χ2v) is 5.64. The van der Waals surface area contributed by atoms with Gasteiger partial charge >= 0.3 is 0 Å². The van der Waals surface area contributed by atoms with E-state index in [0.29, 0.717) is 0 Å². The molecule has 0 bridgehead atoms. The second-order valence-electron chi connectivity index (χ2n) is 5.64. The molecule has 3 N–H and O–H groups in total. The van der Waals surface area contributed by atoms with Crippen molar-refractivity contribution >= 4 is 0 Å². The van der Waals surface area contributed by atoms with Crippen molar-refractivity contribution in [3.05, 3.63) is 35.4 Å². The maximum absolute atomic E-state index is 5.71. The van der Waals surface area contributed by atoms with E-state index < -0.39 is 0 Å². The van der Waals surface area contributed by atoms with E-state index in [1.54, 1.807) is 7.11 Å². The zero-order valence-corrected chi connectivity index (χ0v) is 12.1. The second kappa shape index (κ2) is 7.04. The molecule has 0 aliphatic heterocycles. The number of nitrogens with one attached hydrogen (secondary N) is 1. The summed E-state index contributed by atoms with van der Waals surface area (Å²) in [7, 11) is 1.76. The number of benzene rings is 1. The maximum atomic E-state index is 5.71. The van der Waals surface area contributed by atoms with Crippen molar-refractivity contribution in [2.45, 2.75) is 57.1 Å². The first-order chi connectivity index (χ1) is 9.24. The van der Waals surface area contributed by atoms with E-state index in [1.165, 1.54) is 30.4 Å². The highest BCUT2D eigenvalue weighted by molar-refractivity contribution is 5.29. The Morgan fingerprint density at radius 3 is 2.74 bits per heavy atom. The lowest BCUT2D eigenvalue weighted by Gasteiger charge is -2.27. The first kappa shape index (κ1) is 14.5. The Bertz CT molecular complexity index is 390. The topological polar surface area (TPSA) is 47.3 Å². The third kappa shape index (κ3) is 3.78. The van der Waals surface area contributed by atoms with Crippen LogP contribution in [-0.2, 0) is 4.74 Å². The maximum Gasteiger partial charge on any atom is 0.0543 e. The van der Waals surface area contributed by atoms with Crippen LogP contribution in [0.2, 0.25) is 0 Å². The summed E-state index contributed by atoms with van der Waals surface area (Å²) < 4.78 is 5.30. The Morgan fingerprint density at radius 2 is 2.16 bits per heavy atom. The molecule has 2 atom stereocenters. The Kier molecular flexibility index (Phi) is 5.37. The molecule has 0 amide bonds. The predicted octanol–water partition coefficient (Wildman–Crippen LogP) is 3.27. The summed E-state index contributed by atoms with van der Waals surface area (Å²) in [6.07, 6.45) is 6.35. The minimum absolute atomic E-state index is 0.220. The van der Waals surface area contributed by atoms with Crippen LogP contribution in [0.3, 0.4) is 0 Å². The Balaban J connectivity index is 2.00. The van der Waals surface area contributed by atoms with Crippen LogP contribution in [0.4, 0.5) is 0 Å². The van der Waals surface area contributed by atoms with E-state index >= 15 is 0 Å². The van der Waals surface area contributed by atoms with Gasteiger partial charge in [-0.05, 0) is 49.7 Å². The van der Waals surface area contributed by atoms with Crippen molar-refractivity contribution in [1.82, 2.24) is 5.43 Å². The van der Waals surface area contributed by atoms with Crippen LogP contribution in [-0.4, -0.2) is 13.2 Å². The van der Waals surface area contributed by atoms with Gasteiger partial charge in [-0.25, -0.2) is 0 Å². The van der Waals surface area contributed by atoms with Gasteiger partial charge in [0.1, 0.15) is 0 Å². The van der Waals surface area contributed by atoms with E-state index in [0.717, 1.165) is 18.8 Å². The van der Waals surface area contributed by atoms with Gasteiger partial charge in [0.05, 0.1) is 6.10 Å². The molecule has 0 heterocycles. The van der Waals surface area contributed by atoms with Gasteiger partial charge in [0.2, 0.25) is 0 Å². The molecule has 1 aromatic carbocycles. The highest BCUT2D eigenvalue weighted by Crippen LogP contribution is 2.37. The lowest BCUT2D eigenvalue weighted by atomic mass is 9.79. The molecule has 2 unspecified atom stereocenters. The van der Waals surface area contributed by atoms with E-state index in [9.17, 15) is 0 Å². The van der Waals surface area contributed by atoms with E-state index in [4.69, 9.17) is 10.6 Å². The Morgan fingerprint density at radius 1 is 1.37 bits per heavy atom. The molecule has 3 heteroatoms. The van der Waals surface area contributed by atoms with Crippen molar-refractivity contribution in [2.24, 2.45) is 5.84 Å². The van der Waals surface area contributed by atoms with Crippen molar-refractivity contribution in [2.75, 3.05) is 7.11 Å². The molecule has 3 nitrogen and oxygen atoms in total. The normalized spacial score (nSPS) is 18.9. The number of hydrazine groups is 1. The molecule has 2 rings (SSSR count). The third-order valence-corrected chi connectivity index (χ3v) is 4.36. The van der Waals surface area contributed by atoms with Gasteiger partial charge in [-0.2, -0.15) is 0 Å². The fourth-order valence-corrected chi connectivity index (χ4v) is 2.64. The van der Waals surface area contributed by atoms with Gasteiger partial charge in [-0.1, -0.05) is 30.7 Å². The summed E-state index contributed by atoms with van der Waals surface area (Å²) in [5.41, 5.74) is 5.72. The predicted molar refractivity (Wildman–Crippen MR) is 78.8 cm³/mol. The quantitative estimate of drug-likeness (QED) is 0.585. The molecular weight excluding hydrogens is 236 g/mol. The number of hydrogen-bond acceptors (Lipinski definition) is 3. The monoisotopic (exact) mass is 262 g/mol. The van der Waals surface area contributed by atoms with E-state index in [-0.39, 0.29) is 12.1 Å². The van der Waals surface area contributed by atoms with Crippen LogP contribution in [0.15, 0.2) is 24.3 Å². The summed E-state index contributed by atoms with van der Waals surface area (Å²) in [4.78, 5) is 0. The lowest BCUT2D eigenvalue weighted by Crippen LogP contribution is -2.29. The summed E-state index contributed by atoms with van der Waals surface area (Å²) in [5, 5.41) is 0. The van der Waals surface area contributed by atoms with Crippen LogP contribution in [0, 0.1) is 0 Å². The van der Waals surface area contributed by atoms with Crippen molar-refractivity contribution in [3.8, 4) is 0 Å². The first-order valence-electron chi connectivity index (χ1n) is 7.33. The van der Waals surface area contributed by atoms with E-state index in [1.807, 2.05) is 0 Å². The van der Waals surface area contributed by atoms with Crippen LogP contribution >= 0.6 is 0 Å². The standard InChI is InChI=1S/C16H26N2O/c1-12(19-2)9-10-16(18-17)15-8-4-7-14(11-15)13-5-3-6-13/h4,7-8,11-13,16,18H,3,5-6,9-10,17H2,1-2H3. The number of methoxy groups -OCH3 is 1. The summed E-state index contributed by atoms with van der Waals surface area (Å²) in [6, 6.07) is 9.12. The van der Waals surface area contributed by atoms with Crippen LogP contribution in [0.1, 0.15) is 62.1 Å². The molecule has 1 fully saturated rings. The number of nitrogens with two attached hydrogens (primary N) is 1. The average molecular weight is 262 g/mol. The smallest absolute Gasteiger partial charge is 0.0543 e. The molecule has 1 aliphatic carbocycles. The third-order valence-electron chi connectivity index (χ3n) is 4.36. The van der Waals surface area contributed by atoms with Gasteiger partial charge in [0.25, 0.3) is 0 Å². The van der Waals surface area contributed by atoms with Gasteiger partial charge < -0.3 is 4.74 Å². The molecule has 1 aromatic rings.